The van der Waals surface area contributed by atoms with Gasteiger partial charge >= 0.3 is 0 Å². The number of carbonyl (C=O) groups excluding carboxylic acids is 1. The Kier molecular flexibility index (Phi) is 1.99. The average Bonchev–Trinajstić information content (AvgIpc) is 1.96. The van der Waals surface area contributed by atoms with E-state index in [1.54, 1.807) is 7.05 Å². The van der Waals surface area contributed by atoms with E-state index in [9.17, 15) is 9.59 Å². The second kappa shape index (κ2) is 2.81. The number of nitrogens with zero attached hydrogens (tertiary/aromatic N) is 1. The molecule has 0 aliphatic carbocycles. The molecule has 0 spiro atoms. The Morgan fingerprint density at radius 1 is 1.58 bits per heavy atom. The molecule has 0 unspecified atom stereocenters. The number of aryl methyl sites for hydroxylation is 1. The highest BCUT2D eigenvalue weighted by Gasteiger charge is 2.05. The summed E-state index contributed by atoms with van der Waals surface area (Å²) < 4.78 is 1.34. The van der Waals surface area contributed by atoms with E-state index < -0.39 is 0 Å². The number of ketones is 1. The third-order valence-electron chi connectivity index (χ3n) is 1.64. The number of Topliss-reactive ketones (excluding diaryl/α,β-unsaturated/α-hetero) is 1. The van der Waals surface area contributed by atoms with Gasteiger partial charge in [-0.2, -0.15) is 0 Å². The number of hydrogen-bond donors (Lipinski definition) is 1. The Hall–Kier alpha value is -1.58. The van der Waals surface area contributed by atoms with E-state index in [1.165, 1.54) is 23.8 Å². The van der Waals surface area contributed by atoms with Crippen molar-refractivity contribution >= 4 is 11.5 Å². The molecule has 4 nitrogen and oxygen atoms in total. The Balaban J connectivity index is 3.43. The van der Waals surface area contributed by atoms with Crippen molar-refractivity contribution < 1.29 is 4.79 Å². The van der Waals surface area contributed by atoms with Crippen molar-refractivity contribution in [1.29, 1.82) is 0 Å². The number of hydrogen-bond acceptors (Lipinski definition) is 3. The molecule has 1 aromatic heterocycles. The Labute approximate surface area is 69.6 Å². The molecule has 1 heterocycles. The molecule has 0 fully saturated rings. The van der Waals surface area contributed by atoms with Gasteiger partial charge in [0.05, 0.1) is 5.69 Å². The number of anilines is 1. The predicted molar refractivity (Wildman–Crippen MR) is 46.1 cm³/mol. The topological polar surface area (TPSA) is 65.1 Å². The van der Waals surface area contributed by atoms with E-state index >= 15 is 0 Å². The van der Waals surface area contributed by atoms with Crippen LogP contribution in [0.2, 0.25) is 0 Å². The summed E-state index contributed by atoms with van der Waals surface area (Å²) in [5.74, 6) is -0.190. The van der Waals surface area contributed by atoms with Gasteiger partial charge in [-0.1, -0.05) is 0 Å². The summed E-state index contributed by atoms with van der Waals surface area (Å²) in [5, 5.41) is 0. The van der Waals surface area contributed by atoms with Gasteiger partial charge in [-0.15, -0.1) is 0 Å². The minimum absolute atomic E-state index is 0.190. The van der Waals surface area contributed by atoms with Gasteiger partial charge in [0.2, 0.25) is 0 Å². The first-order valence-electron chi connectivity index (χ1n) is 3.49. The van der Waals surface area contributed by atoms with Crippen molar-refractivity contribution in [2.75, 3.05) is 5.73 Å². The molecule has 0 amide bonds. The molecular weight excluding hydrogens is 156 g/mol. The van der Waals surface area contributed by atoms with Crippen LogP contribution in [0, 0.1) is 0 Å². The van der Waals surface area contributed by atoms with Crippen molar-refractivity contribution in [3.05, 3.63) is 28.2 Å². The fourth-order valence-corrected chi connectivity index (χ4v) is 0.955. The van der Waals surface area contributed by atoms with Crippen LogP contribution in [0.15, 0.2) is 17.1 Å². The number of aromatic nitrogens is 1. The van der Waals surface area contributed by atoms with Crippen LogP contribution in [0.3, 0.4) is 0 Å². The summed E-state index contributed by atoms with van der Waals surface area (Å²) in [5.41, 5.74) is 5.91. The van der Waals surface area contributed by atoms with E-state index in [0.29, 0.717) is 5.69 Å². The molecule has 0 aliphatic rings. The molecule has 0 saturated heterocycles. The van der Waals surface area contributed by atoms with E-state index in [0.717, 1.165) is 0 Å². The monoisotopic (exact) mass is 166 g/mol. The summed E-state index contributed by atoms with van der Waals surface area (Å²) in [6.07, 6.45) is 1.44. The third-order valence-corrected chi connectivity index (χ3v) is 1.64. The summed E-state index contributed by atoms with van der Waals surface area (Å²) in [7, 11) is 1.59. The first kappa shape index (κ1) is 8.52. The fraction of sp³-hybridized carbons (Fsp3) is 0.250. The molecular formula is C8H10N2O2. The molecule has 12 heavy (non-hydrogen) atoms. The quantitative estimate of drug-likeness (QED) is 0.605. The van der Waals surface area contributed by atoms with Crippen molar-refractivity contribution in [1.82, 2.24) is 4.57 Å². The lowest BCUT2D eigenvalue weighted by atomic mass is 10.1. The Bertz CT molecular complexity index is 379. The number of nitrogens with two attached hydrogens (primary N) is 1. The van der Waals surface area contributed by atoms with Gasteiger partial charge in [-0.05, 0) is 6.92 Å². The fourth-order valence-electron chi connectivity index (χ4n) is 0.955. The third kappa shape index (κ3) is 1.37. The largest absolute Gasteiger partial charge is 0.397 e. The first-order chi connectivity index (χ1) is 5.52. The number of carbonyl (C=O) groups is 1. The second-order valence-electron chi connectivity index (χ2n) is 2.65. The van der Waals surface area contributed by atoms with E-state index in [2.05, 4.69) is 0 Å². The summed E-state index contributed by atoms with van der Waals surface area (Å²) in [6, 6.07) is 1.25. The van der Waals surface area contributed by atoms with Gasteiger partial charge in [-0.3, -0.25) is 9.59 Å². The van der Waals surface area contributed by atoms with Gasteiger partial charge in [-0.25, -0.2) is 0 Å². The smallest absolute Gasteiger partial charge is 0.251 e. The van der Waals surface area contributed by atoms with Gasteiger partial charge in [0.15, 0.2) is 5.78 Å². The van der Waals surface area contributed by atoms with Gasteiger partial charge in [0.25, 0.3) is 5.56 Å². The van der Waals surface area contributed by atoms with Crippen LogP contribution in [0.4, 0.5) is 5.69 Å². The number of rotatable bonds is 1. The molecule has 0 saturated carbocycles. The zero-order valence-corrected chi connectivity index (χ0v) is 7.00. The SMILES string of the molecule is CC(=O)c1cc(=O)n(C)cc1N. The van der Waals surface area contributed by atoms with Crippen molar-refractivity contribution in [2.24, 2.45) is 7.05 Å². The molecule has 1 aromatic rings. The Morgan fingerprint density at radius 3 is 2.67 bits per heavy atom. The maximum atomic E-state index is 11.1. The molecule has 64 valence electrons. The molecule has 0 bridgehead atoms. The lowest BCUT2D eigenvalue weighted by Crippen LogP contribution is -2.18. The van der Waals surface area contributed by atoms with Crippen molar-refractivity contribution in [2.45, 2.75) is 6.92 Å². The van der Waals surface area contributed by atoms with Crippen LogP contribution in [0.5, 0.6) is 0 Å². The average molecular weight is 166 g/mol. The molecule has 0 aromatic carbocycles. The number of nitrogen functional groups attached to an aromatic ring is 1. The van der Waals surface area contributed by atoms with E-state index in [1.807, 2.05) is 0 Å². The zero-order chi connectivity index (χ0) is 9.30. The van der Waals surface area contributed by atoms with Crippen LogP contribution < -0.4 is 11.3 Å². The maximum absolute atomic E-state index is 11.1. The van der Waals surface area contributed by atoms with Gasteiger partial charge < -0.3 is 10.3 Å². The van der Waals surface area contributed by atoms with Gasteiger partial charge in [0.1, 0.15) is 0 Å². The molecule has 2 N–H and O–H groups in total. The first-order valence-corrected chi connectivity index (χ1v) is 3.49. The van der Waals surface area contributed by atoms with Gasteiger partial charge in [0, 0.05) is 24.9 Å². The normalized spacial score (nSPS) is 9.83. The zero-order valence-electron chi connectivity index (χ0n) is 7.00. The standard InChI is InChI=1S/C8H10N2O2/c1-5(11)6-3-8(12)10(2)4-7(6)9/h3-4H,9H2,1-2H3. The highest BCUT2D eigenvalue weighted by molar-refractivity contribution is 5.98. The minimum Gasteiger partial charge on any atom is -0.397 e. The van der Waals surface area contributed by atoms with Crippen molar-refractivity contribution in [3.63, 3.8) is 0 Å². The summed E-state index contributed by atoms with van der Waals surface area (Å²) in [6.45, 7) is 1.38. The summed E-state index contributed by atoms with van der Waals surface area (Å²) >= 11 is 0. The van der Waals surface area contributed by atoms with E-state index in [4.69, 9.17) is 5.73 Å². The maximum Gasteiger partial charge on any atom is 0.251 e. The Morgan fingerprint density at radius 2 is 2.17 bits per heavy atom. The van der Waals surface area contributed by atoms with Crippen LogP contribution in [-0.2, 0) is 7.05 Å². The van der Waals surface area contributed by atoms with Crippen LogP contribution >= 0.6 is 0 Å². The lowest BCUT2D eigenvalue weighted by Gasteiger charge is -2.02. The highest BCUT2D eigenvalue weighted by atomic mass is 16.1. The summed E-state index contributed by atoms with van der Waals surface area (Å²) in [4.78, 5) is 22.0. The van der Waals surface area contributed by atoms with Crippen LogP contribution in [0.25, 0.3) is 0 Å². The second-order valence-corrected chi connectivity index (χ2v) is 2.65. The van der Waals surface area contributed by atoms with Crippen LogP contribution in [-0.4, -0.2) is 10.4 Å². The number of pyridine rings is 1. The minimum atomic E-state index is -0.227. The molecule has 1 rings (SSSR count). The van der Waals surface area contributed by atoms with Crippen LogP contribution in [0.1, 0.15) is 17.3 Å². The highest BCUT2D eigenvalue weighted by Crippen LogP contribution is 2.07. The molecule has 0 radical (unpaired) electrons. The van der Waals surface area contributed by atoms with E-state index in [-0.39, 0.29) is 16.9 Å². The van der Waals surface area contributed by atoms with Crippen molar-refractivity contribution in [3.8, 4) is 0 Å². The predicted octanol–water partition coefficient (Wildman–Crippen LogP) is 0.170. The molecule has 4 heteroatoms. The lowest BCUT2D eigenvalue weighted by molar-refractivity contribution is 0.101. The molecule has 0 atom stereocenters. The molecule has 0 aliphatic heterocycles.